The van der Waals surface area contributed by atoms with Crippen molar-refractivity contribution in [2.24, 2.45) is 5.92 Å². The summed E-state index contributed by atoms with van der Waals surface area (Å²) in [7, 11) is 0. The van der Waals surface area contributed by atoms with Gasteiger partial charge in [0.15, 0.2) is 6.61 Å². The molecule has 1 fully saturated rings. The third kappa shape index (κ3) is 6.30. The lowest BCUT2D eigenvalue weighted by atomic mass is 9.96. The highest BCUT2D eigenvalue weighted by molar-refractivity contribution is 6.00. The standard InChI is InChI=1S/C22H31N3O5/c1-5-15(4)17-8-6-7-9-18(17)25-12-16(10-21(25)28)22(29)30-13-20(27)23-11-19(26)24-14(2)3/h6-9,14-16H,5,10-13H2,1-4H3,(H,23,27)(H,24,26)/t15-,16-/m0/s1. The van der Waals surface area contributed by atoms with Crippen LogP contribution in [0.2, 0.25) is 0 Å². The van der Waals surface area contributed by atoms with Gasteiger partial charge in [0.05, 0.1) is 12.5 Å². The van der Waals surface area contributed by atoms with E-state index in [1.165, 1.54) is 0 Å². The first-order valence-electron chi connectivity index (χ1n) is 10.3. The lowest BCUT2D eigenvalue weighted by Gasteiger charge is -2.23. The Bertz CT molecular complexity index is 793. The molecule has 1 aliphatic rings. The van der Waals surface area contributed by atoms with Crippen LogP contribution in [0, 0.1) is 5.92 Å². The Morgan fingerprint density at radius 3 is 2.53 bits per heavy atom. The maximum atomic E-state index is 12.6. The average molecular weight is 418 g/mol. The monoisotopic (exact) mass is 417 g/mol. The Kier molecular flexibility index (Phi) is 8.38. The van der Waals surface area contributed by atoms with Crippen molar-refractivity contribution < 1.29 is 23.9 Å². The molecule has 30 heavy (non-hydrogen) atoms. The molecule has 8 heteroatoms. The molecule has 1 heterocycles. The van der Waals surface area contributed by atoms with Crippen LogP contribution in [-0.4, -0.2) is 49.4 Å². The molecular weight excluding hydrogens is 386 g/mol. The molecule has 0 radical (unpaired) electrons. The van der Waals surface area contributed by atoms with Gasteiger partial charge in [0.1, 0.15) is 0 Å². The zero-order chi connectivity index (χ0) is 22.3. The fraction of sp³-hybridized carbons (Fsp3) is 0.545. The third-order valence-corrected chi connectivity index (χ3v) is 5.07. The van der Waals surface area contributed by atoms with E-state index in [9.17, 15) is 19.2 Å². The molecule has 1 aromatic rings. The summed E-state index contributed by atoms with van der Waals surface area (Å²) >= 11 is 0. The number of ether oxygens (including phenoxy) is 1. The van der Waals surface area contributed by atoms with Gasteiger partial charge in [-0.1, -0.05) is 32.0 Å². The van der Waals surface area contributed by atoms with Crippen molar-refractivity contribution in [2.45, 2.75) is 52.5 Å². The number of nitrogens with one attached hydrogen (secondary N) is 2. The van der Waals surface area contributed by atoms with Gasteiger partial charge in [-0.05, 0) is 37.8 Å². The quantitative estimate of drug-likeness (QED) is 0.596. The van der Waals surface area contributed by atoms with Crippen LogP contribution in [0.4, 0.5) is 5.69 Å². The number of benzene rings is 1. The lowest BCUT2D eigenvalue weighted by Crippen LogP contribution is -2.41. The molecule has 2 rings (SSSR count). The Labute approximate surface area is 177 Å². The summed E-state index contributed by atoms with van der Waals surface area (Å²) in [6.45, 7) is 7.38. The molecule has 0 aromatic heterocycles. The van der Waals surface area contributed by atoms with E-state index in [1.54, 1.807) is 4.90 Å². The van der Waals surface area contributed by atoms with Crippen LogP contribution in [0.1, 0.15) is 52.0 Å². The minimum Gasteiger partial charge on any atom is -0.455 e. The van der Waals surface area contributed by atoms with Gasteiger partial charge in [0.25, 0.3) is 5.91 Å². The maximum absolute atomic E-state index is 12.6. The van der Waals surface area contributed by atoms with Gasteiger partial charge in [-0.25, -0.2) is 0 Å². The van der Waals surface area contributed by atoms with Crippen LogP contribution in [0.5, 0.6) is 0 Å². The van der Waals surface area contributed by atoms with E-state index in [0.717, 1.165) is 17.7 Å². The number of nitrogens with zero attached hydrogens (tertiary/aromatic N) is 1. The zero-order valence-electron chi connectivity index (χ0n) is 18.1. The summed E-state index contributed by atoms with van der Waals surface area (Å²) in [5.41, 5.74) is 1.89. The van der Waals surface area contributed by atoms with Crippen molar-refractivity contribution in [1.82, 2.24) is 10.6 Å². The second kappa shape index (κ2) is 10.8. The molecule has 0 bridgehead atoms. The van der Waals surface area contributed by atoms with Crippen LogP contribution in [0.25, 0.3) is 0 Å². The summed E-state index contributed by atoms with van der Waals surface area (Å²) in [5, 5.41) is 5.04. The largest absolute Gasteiger partial charge is 0.455 e. The summed E-state index contributed by atoms with van der Waals surface area (Å²) < 4.78 is 5.07. The number of amides is 3. The summed E-state index contributed by atoms with van der Waals surface area (Å²) in [5.74, 6) is -1.94. The first-order chi connectivity index (χ1) is 14.2. The Morgan fingerprint density at radius 1 is 1.17 bits per heavy atom. The van der Waals surface area contributed by atoms with E-state index in [-0.39, 0.29) is 43.3 Å². The van der Waals surface area contributed by atoms with Gasteiger partial charge in [-0.3, -0.25) is 19.2 Å². The van der Waals surface area contributed by atoms with E-state index in [2.05, 4.69) is 24.5 Å². The van der Waals surface area contributed by atoms with E-state index < -0.39 is 24.4 Å². The highest BCUT2D eigenvalue weighted by atomic mass is 16.5. The Balaban J connectivity index is 1.89. The van der Waals surface area contributed by atoms with E-state index >= 15 is 0 Å². The highest BCUT2D eigenvalue weighted by Gasteiger charge is 2.37. The molecule has 3 amide bonds. The molecule has 0 aliphatic carbocycles. The number of hydrogen-bond acceptors (Lipinski definition) is 5. The van der Waals surface area contributed by atoms with Crippen LogP contribution < -0.4 is 15.5 Å². The number of rotatable bonds is 9. The van der Waals surface area contributed by atoms with Crippen molar-refractivity contribution >= 4 is 29.4 Å². The predicted octanol–water partition coefficient (Wildman–Crippen LogP) is 1.74. The fourth-order valence-corrected chi connectivity index (χ4v) is 3.33. The molecule has 164 valence electrons. The number of carbonyl (C=O) groups excluding carboxylic acids is 4. The Hall–Kier alpha value is -2.90. The maximum Gasteiger partial charge on any atom is 0.311 e. The normalized spacial score (nSPS) is 17.0. The highest BCUT2D eigenvalue weighted by Crippen LogP contribution is 2.33. The summed E-state index contributed by atoms with van der Waals surface area (Å²) in [6.07, 6.45) is 0.987. The minimum absolute atomic E-state index is 0.0273. The lowest BCUT2D eigenvalue weighted by molar-refractivity contribution is -0.152. The molecule has 8 nitrogen and oxygen atoms in total. The SMILES string of the molecule is CC[C@H](C)c1ccccc1N1C[C@@H](C(=O)OCC(=O)NCC(=O)NC(C)C)CC1=O. The number of carbonyl (C=O) groups is 4. The van der Waals surface area contributed by atoms with Gasteiger partial charge in [0.2, 0.25) is 11.8 Å². The van der Waals surface area contributed by atoms with Gasteiger partial charge >= 0.3 is 5.97 Å². The van der Waals surface area contributed by atoms with Gasteiger partial charge in [-0.2, -0.15) is 0 Å². The van der Waals surface area contributed by atoms with E-state index in [0.29, 0.717) is 0 Å². The van der Waals surface area contributed by atoms with Crippen LogP contribution in [0.3, 0.4) is 0 Å². The second-order valence-electron chi connectivity index (χ2n) is 7.88. The van der Waals surface area contributed by atoms with Crippen molar-refractivity contribution in [3.63, 3.8) is 0 Å². The number of para-hydroxylation sites is 1. The van der Waals surface area contributed by atoms with Crippen LogP contribution in [-0.2, 0) is 23.9 Å². The van der Waals surface area contributed by atoms with Crippen molar-refractivity contribution in [3.05, 3.63) is 29.8 Å². The van der Waals surface area contributed by atoms with Crippen molar-refractivity contribution in [1.29, 1.82) is 0 Å². The number of anilines is 1. The fourth-order valence-electron chi connectivity index (χ4n) is 3.33. The van der Waals surface area contributed by atoms with Crippen LogP contribution in [0.15, 0.2) is 24.3 Å². The third-order valence-electron chi connectivity index (χ3n) is 5.07. The smallest absolute Gasteiger partial charge is 0.311 e. The second-order valence-corrected chi connectivity index (χ2v) is 7.88. The molecule has 1 aromatic carbocycles. The zero-order valence-corrected chi connectivity index (χ0v) is 18.1. The van der Waals surface area contributed by atoms with Gasteiger partial charge in [-0.15, -0.1) is 0 Å². The minimum atomic E-state index is -0.625. The number of hydrogen-bond donors (Lipinski definition) is 2. The summed E-state index contributed by atoms with van der Waals surface area (Å²) in [6, 6.07) is 7.68. The molecule has 0 saturated carbocycles. The van der Waals surface area contributed by atoms with E-state index in [4.69, 9.17) is 4.74 Å². The molecule has 1 aliphatic heterocycles. The first kappa shape index (κ1) is 23.4. The number of esters is 1. The molecule has 2 atom stereocenters. The topological polar surface area (TPSA) is 105 Å². The van der Waals surface area contributed by atoms with Gasteiger partial charge < -0.3 is 20.3 Å². The van der Waals surface area contributed by atoms with Crippen molar-refractivity contribution in [3.8, 4) is 0 Å². The molecule has 1 saturated heterocycles. The van der Waals surface area contributed by atoms with Crippen LogP contribution >= 0.6 is 0 Å². The molecule has 0 spiro atoms. The molecule has 0 unspecified atom stereocenters. The molecular formula is C22H31N3O5. The predicted molar refractivity (Wildman–Crippen MR) is 113 cm³/mol. The summed E-state index contributed by atoms with van der Waals surface area (Å²) in [4.78, 5) is 49.9. The van der Waals surface area contributed by atoms with E-state index in [1.807, 2.05) is 38.1 Å². The first-order valence-corrected chi connectivity index (χ1v) is 10.3. The molecule has 2 N–H and O–H groups in total. The van der Waals surface area contributed by atoms with Gasteiger partial charge in [0, 0.05) is 24.7 Å². The Morgan fingerprint density at radius 2 is 1.87 bits per heavy atom. The van der Waals surface area contributed by atoms with Crippen molar-refractivity contribution in [2.75, 3.05) is 24.6 Å². The average Bonchev–Trinajstić information content (AvgIpc) is 3.11.